The molecule has 0 spiro atoms. The van der Waals surface area contributed by atoms with Gasteiger partial charge in [0.1, 0.15) is 5.82 Å². The molecule has 27 heavy (non-hydrogen) atoms. The molecule has 144 valence electrons. The Kier molecular flexibility index (Phi) is 6.71. The Morgan fingerprint density at radius 1 is 1.19 bits per heavy atom. The second-order valence-electron chi connectivity index (χ2n) is 6.42. The molecule has 0 saturated carbocycles. The number of hydrogen-bond acceptors (Lipinski definition) is 5. The summed E-state index contributed by atoms with van der Waals surface area (Å²) < 4.78 is 0. The maximum Gasteiger partial charge on any atom is 0.254 e. The van der Waals surface area contributed by atoms with Gasteiger partial charge in [0, 0.05) is 30.5 Å². The average molecular weight is 408 g/mol. The lowest BCUT2D eigenvalue weighted by Gasteiger charge is -2.15. The van der Waals surface area contributed by atoms with E-state index in [9.17, 15) is 0 Å². The van der Waals surface area contributed by atoms with Crippen LogP contribution in [-0.4, -0.2) is 47.0 Å². The highest BCUT2D eigenvalue weighted by atomic mass is 35.5. The lowest BCUT2D eigenvalue weighted by Crippen LogP contribution is -2.26. The molecule has 1 aliphatic heterocycles. The van der Waals surface area contributed by atoms with Crippen molar-refractivity contribution in [2.45, 2.75) is 19.8 Å². The van der Waals surface area contributed by atoms with Crippen molar-refractivity contribution in [3.05, 3.63) is 40.0 Å². The molecule has 7 nitrogen and oxygen atoms in total. The Hall–Kier alpha value is -2.09. The van der Waals surface area contributed by atoms with E-state index in [4.69, 9.17) is 28.9 Å². The Morgan fingerprint density at radius 3 is 2.70 bits per heavy atom. The van der Waals surface area contributed by atoms with E-state index >= 15 is 0 Å². The number of likely N-dealkylation sites (tertiary alicyclic amines) is 1. The van der Waals surface area contributed by atoms with E-state index < -0.39 is 0 Å². The molecule has 1 aromatic heterocycles. The molecular formula is C18H23Cl2N7. The maximum absolute atomic E-state index is 6.01. The summed E-state index contributed by atoms with van der Waals surface area (Å²) in [5, 5.41) is 7.20. The smallest absolute Gasteiger partial charge is 0.254 e. The van der Waals surface area contributed by atoms with Crippen molar-refractivity contribution in [1.82, 2.24) is 14.9 Å². The van der Waals surface area contributed by atoms with Crippen molar-refractivity contribution < 1.29 is 0 Å². The molecule has 0 amide bonds. The maximum atomic E-state index is 6.01. The molecule has 2 aromatic rings. The molecule has 1 saturated heterocycles. The molecule has 0 aliphatic carbocycles. The van der Waals surface area contributed by atoms with Gasteiger partial charge in [-0.2, -0.15) is 9.98 Å². The number of guanidine groups is 1. The van der Waals surface area contributed by atoms with Gasteiger partial charge in [0.2, 0.25) is 5.96 Å². The van der Waals surface area contributed by atoms with Gasteiger partial charge >= 0.3 is 0 Å². The van der Waals surface area contributed by atoms with Crippen LogP contribution in [0, 0.1) is 6.92 Å². The minimum Gasteiger partial charge on any atom is -0.369 e. The number of aliphatic imine (C=N–C) groups is 1. The molecule has 0 radical (unpaired) electrons. The fourth-order valence-corrected chi connectivity index (χ4v) is 3.20. The van der Waals surface area contributed by atoms with E-state index in [1.807, 2.05) is 13.0 Å². The van der Waals surface area contributed by atoms with Crippen molar-refractivity contribution >= 4 is 46.6 Å². The zero-order chi connectivity index (χ0) is 19.2. The van der Waals surface area contributed by atoms with Crippen LogP contribution in [0.5, 0.6) is 0 Å². The summed E-state index contributed by atoms with van der Waals surface area (Å²) in [6, 6.07) is 7.02. The monoisotopic (exact) mass is 407 g/mol. The number of benzene rings is 1. The minimum absolute atomic E-state index is 0.169. The first kappa shape index (κ1) is 19.7. The van der Waals surface area contributed by atoms with Crippen LogP contribution in [0.1, 0.15) is 18.5 Å². The summed E-state index contributed by atoms with van der Waals surface area (Å²) in [7, 11) is 0. The highest BCUT2D eigenvalue weighted by molar-refractivity contribution is 6.42. The van der Waals surface area contributed by atoms with E-state index in [2.05, 4.69) is 30.5 Å². The zero-order valence-electron chi connectivity index (χ0n) is 15.2. The molecule has 0 bridgehead atoms. The Morgan fingerprint density at radius 2 is 1.96 bits per heavy atom. The van der Waals surface area contributed by atoms with Crippen molar-refractivity contribution in [3.63, 3.8) is 0 Å². The Bertz CT molecular complexity index is 819. The first-order valence-electron chi connectivity index (χ1n) is 8.88. The summed E-state index contributed by atoms with van der Waals surface area (Å²) in [5.74, 6) is 1.20. The third-order valence-electron chi connectivity index (χ3n) is 4.19. The highest BCUT2D eigenvalue weighted by Crippen LogP contribution is 2.25. The molecule has 4 N–H and O–H groups in total. The predicted octanol–water partition coefficient (Wildman–Crippen LogP) is 3.66. The molecule has 1 aromatic carbocycles. The molecule has 2 heterocycles. The number of nitrogens with two attached hydrogens (primary N) is 1. The number of anilines is 2. The third-order valence-corrected chi connectivity index (χ3v) is 4.93. The average Bonchev–Trinajstić information content (AvgIpc) is 3.11. The second-order valence-corrected chi connectivity index (χ2v) is 7.24. The largest absolute Gasteiger partial charge is 0.369 e. The standard InChI is InChI=1S/C18H23Cl2N7/c1-12-10-16(22-6-9-27-7-2-3-8-27)25-18(23-12)26-17(21)24-13-4-5-14(19)15(20)11-13/h4-5,10-11H,2-3,6-9H2,1H3,(H4,21,22,23,24,25,26). The Labute approximate surface area is 169 Å². The van der Waals surface area contributed by atoms with Crippen molar-refractivity contribution in [3.8, 4) is 0 Å². The van der Waals surface area contributed by atoms with Crippen molar-refractivity contribution in [1.29, 1.82) is 0 Å². The van der Waals surface area contributed by atoms with Gasteiger partial charge in [0.15, 0.2) is 0 Å². The molecular weight excluding hydrogens is 385 g/mol. The highest BCUT2D eigenvalue weighted by Gasteiger charge is 2.10. The summed E-state index contributed by atoms with van der Waals surface area (Å²) in [6.07, 6.45) is 2.58. The van der Waals surface area contributed by atoms with Crippen LogP contribution in [0.3, 0.4) is 0 Å². The molecule has 0 unspecified atom stereocenters. The Balaban J connectivity index is 1.63. The van der Waals surface area contributed by atoms with E-state index in [1.54, 1.807) is 18.2 Å². The predicted molar refractivity (Wildman–Crippen MR) is 112 cm³/mol. The van der Waals surface area contributed by atoms with Gasteiger partial charge < -0.3 is 21.3 Å². The van der Waals surface area contributed by atoms with Gasteiger partial charge in [-0.05, 0) is 51.1 Å². The summed E-state index contributed by atoms with van der Waals surface area (Å²) >= 11 is 11.9. The van der Waals surface area contributed by atoms with Crippen LogP contribution < -0.4 is 16.4 Å². The number of rotatable bonds is 6. The summed E-state index contributed by atoms with van der Waals surface area (Å²) in [5.41, 5.74) is 7.46. The number of hydrogen-bond donors (Lipinski definition) is 3. The minimum atomic E-state index is 0.169. The van der Waals surface area contributed by atoms with Gasteiger partial charge in [0.05, 0.1) is 10.0 Å². The van der Waals surface area contributed by atoms with Crippen LogP contribution in [0.2, 0.25) is 10.0 Å². The fourth-order valence-electron chi connectivity index (χ4n) is 2.90. The molecule has 9 heteroatoms. The van der Waals surface area contributed by atoms with Gasteiger partial charge in [-0.1, -0.05) is 23.2 Å². The van der Waals surface area contributed by atoms with Gasteiger partial charge in [0.25, 0.3) is 5.95 Å². The molecule has 0 atom stereocenters. The van der Waals surface area contributed by atoms with Crippen LogP contribution in [0.4, 0.5) is 17.5 Å². The normalized spacial score (nSPS) is 15.1. The lowest BCUT2D eigenvalue weighted by molar-refractivity contribution is 0.352. The lowest BCUT2D eigenvalue weighted by atomic mass is 10.3. The number of halogens is 2. The van der Waals surface area contributed by atoms with Crippen LogP contribution in [-0.2, 0) is 0 Å². The fraction of sp³-hybridized carbons (Fsp3) is 0.389. The first-order valence-corrected chi connectivity index (χ1v) is 9.63. The van der Waals surface area contributed by atoms with Gasteiger partial charge in [-0.15, -0.1) is 0 Å². The van der Waals surface area contributed by atoms with E-state index in [1.165, 1.54) is 25.9 Å². The van der Waals surface area contributed by atoms with E-state index in [0.717, 1.165) is 24.6 Å². The van der Waals surface area contributed by atoms with E-state index in [-0.39, 0.29) is 5.96 Å². The number of nitrogens with one attached hydrogen (secondary N) is 2. The summed E-state index contributed by atoms with van der Waals surface area (Å²) in [6.45, 7) is 6.09. The van der Waals surface area contributed by atoms with Gasteiger partial charge in [-0.3, -0.25) is 0 Å². The number of aromatic nitrogens is 2. The van der Waals surface area contributed by atoms with Crippen molar-refractivity contribution in [2.75, 3.05) is 36.8 Å². The molecule has 3 rings (SSSR count). The molecule has 1 aliphatic rings. The van der Waals surface area contributed by atoms with Crippen molar-refractivity contribution in [2.24, 2.45) is 10.7 Å². The summed E-state index contributed by atoms with van der Waals surface area (Å²) in [4.78, 5) is 15.4. The number of nitrogens with zero attached hydrogens (tertiary/aromatic N) is 4. The van der Waals surface area contributed by atoms with E-state index in [0.29, 0.717) is 21.7 Å². The topological polar surface area (TPSA) is 91.5 Å². The van der Waals surface area contributed by atoms with Gasteiger partial charge in [-0.25, -0.2) is 4.98 Å². The van der Waals surface area contributed by atoms with Crippen LogP contribution in [0.25, 0.3) is 0 Å². The zero-order valence-corrected chi connectivity index (χ0v) is 16.7. The quantitative estimate of drug-likeness (QED) is 0.499. The second kappa shape index (κ2) is 9.21. The van der Waals surface area contributed by atoms with Crippen LogP contribution >= 0.6 is 23.2 Å². The molecule has 1 fully saturated rings. The third kappa shape index (κ3) is 5.95. The first-order chi connectivity index (χ1) is 13.0. The van der Waals surface area contributed by atoms with Crippen LogP contribution in [0.15, 0.2) is 29.3 Å². The number of aryl methyl sites for hydroxylation is 1. The SMILES string of the molecule is Cc1cc(NCCN2CCCC2)nc(/N=C(\N)Nc2ccc(Cl)c(Cl)c2)n1.